The second-order valence-electron chi connectivity index (χ2n) is 3.37. The molecule has 0 radical (unpaired) electrons. The Labute approximate surface area is 89.8 Å². The number of nitrogens with two attached hydrogens (primary N) is 2. The fourth-order valence-electron chi connectivity index (χ4n) is 1.19. The summed E-state index contributed by atoms with van der Waals surface area (Å²) in [6, 6.07) is -1.04. The molecule has 0 aliphatic carbocycles. The van der Waals surface area contributed by atoms with Crippen LogP contribution in [0.15, 0.2) is 0 Å². The number of amides is 2. The molecule has 0 aromatic rings. The van der Waals surface area contributed by atoms with Gasteiger partial charge in [0.1, 0.15) is 0 Å². The number of carbonyl (C=O) groups is 2. The third-order valence-electron chi connectivity index (χ3n) is 2.20. The van der Waals surface area contributed by atoms with Crippen LogP contribution in [0.25, 0.3) is 0 Å². The molecule has 0 bridgehead atoms. The van der Waals surface area contributed by atoms with Crippen LogP contribution >= 0.6 is 0 Å². The summed E-state index contributed by atoms with van der Waals surface area (Å²) in [5, 5.41) is 4.92. The molecule has 0 aliphatic rings. The minimum Gasteiger partial charge on any atom is -0.358 e. The number of hydrogen-bond acceptors (Lipinski definition) is 4. The maximum Gasteiger partial charge on any atom is 0.236 e. The van der Waals surface area contributed by atoms with Gasteiger partial charge in [0.25, 0.3) is 0 Å². The van der Waals surface area contributed by atoms with Gasteiger partial charge in [0, 0.05) is 14.1 Å². The van der Waals surface area contributed by atoms with E-state index in [1.165, 1.54) is 0 Å². The quantitative estimate of drug-likeness (QED) is 0.424. The monoisotopic (exact) mass is 216 g/mol. The van der Waals surface area contributed by atoms with Crippen molar-refractivity contribution in [1.82, 2.24) is 10.6 Å². The lowest BCUT2D eigenvalue weighted by Gasteiger charge is -2.12. The summed E-state index contributed by atoms with van der Waals surface area (Å²) < 4.78 is 0. The van der Waals surface area contributed by atoms with Crippen molar-refractivity contribution >= 4 is 11.8 Å². The molecule has 15 heavy (non-hydrogen) atoms. The third kappa shape index (κ3) is 5.34. The van der Waals surface area contributed by atoms with Crippen LogP contribution in [-0.2, 0) is 9.59 Å². The lowest BCUT2D eigenvalue weighted by atomic mass is 10.1. The summed E-state index contributed by atoms with van der Waals surface area (Å²) in [6.07, 6.45) is 1.72. The highest BCUT2D eigenvalue weighted by Gasteiger charge is 2.14. The summed E-state index contributed by atoms with van der Waals surface area (Å²) in [7, 11) is 3.08. The summed E-state index contributed by atoms with van der Waals surface area (Å²) in [6.45, 7) is 0. The Kier molecular flexibility index (Phi) is 6.64. The van der Waals surface area contributed by atoms with Crippen molar-refractivity contribution in [3.63, 3.8) is 0 Å². The fraction of sp³-hybridized carbons (Fsp3) is 0.778. The van der Waals surface area contributed by atoms with E-state index in [1.807, 2.05) is 0 Å². The van der Waals surface area contributed by atoms with E-state index >= 15 is 0 Å². The molecule has 88 valence electrons. The van der Waals surface area contributed by atoms with Crippen molar-refractivity contribution in [2.45, 2.75) is 31.3 Å². The van der Waals surface area contributed by atoms with Crippen LogP contribution in [0.2, 0.25) is 0 Å². The van der Waals surface area contributed by atoms with Crippen molar-refractivity contribution in [2.75, 3.05) is 14.1 Å². The Morgan fingerprint density at radius 1 is 1.00 bits per heavy atom. The molecule has 0 saturated heterocycles. The van der Waals surface area contributed by atoms with Gasteiger partial charge in [-0.1, -0.05) is 0 Å². The predicted molar refractivity (Wildman–Crippen MR) is 57.9 cm³/mol. The van der Waals surface area contributed by atoms with Crippen molar-refractivity contribution < 1.29 is 9.59 Å². The molecule has 0 rings (SSSR count). The zero-order valence-corrected chi connectivity index (χ0v) is 9.25. The Balaban J connectivity index is 3.70. The molecule has 6 N–H and O–H groups in total. The SMILES string of the molecule is CNC(=O)C(N)CCCC(N)C(=O)NC. The Hall–Kier alpha value is -1.14. The molecule has 0 heterocycles. The average Bonchev–Trinajstić information content (AvgIpc) is 2.26. The molecule has 2 atom stereocenters. The van der Waals surface area contributed by atoms with Crippen molar-refractivity contribution in [3.8, 4) is 0 Å². The van der Waals surface area contributed by atoms with E-state index in [-0.39, 0.29) is 11.8 Å². The topological polar surface area (TPSA) is 110 Å². The molecule has 0 aromatic heterocycles. The third-order valence-corrected chi connectivity index (χ3v) is 2.20. The van der Waals surface area contributed by atoms with E-state index in [4.69, 9.17) is 11.5 Å². The smallest absolute Gasteiger partial charge is 0.236 e. The van der Waals surface area contributed by atoms with Gasteiger partial charge in [-0.2, -0.15) is 0 Å². The maximum absolute atomic E-state index is 11.0. The number of nitrogens with one attached hydrogen (secondary N) is 2. The summed E-state index contributed by atoms with van der Waals surface area (Å²) in [5.41, 5.74) is 11.1. The number of likely N-dealkylation sites (N-methyl/N-ethyl adjacent to an activating group) is 2. The van der Waals surface area contributed by atoms with Crippen LogP contribution in [-0.4, -0.2) is 38.0 Å². The van der Waals surface area contributed by atoms with Gasteiger partial charge in [-0.05, 0) is 19.3 Å². The van der Waals surface area contributed by atoms with Gasteiger partial charge in [0.15, 0.2) is 0 Å². The molecule has 0 fully saturated rings. The highest BCUT2D eigenvalue weighted by molar-refractivity contribution is 5.81. The van der Waals surface area contributed by atoms with Crippen LogP contribution in [0, 0.1) is 0 Å². The largest absolute Gasteiger partial charge is 0.358 e. The van der Waals surface area contributed by atoms with Crippen LogP contribution < -0.4 is 22.1 Å². The maximum atomic E-state index is 11.0. The van der Waals surface area contributed by atoms with Crippen molar-refractivity contribution in [3.05, 3.63) is 0 Å². The van der Waals surface area contributed by atoms with Crippen LogP contribution in [0.3, 0.4) is 0 Å². The van der Waals surface area contributed by atoms with Crippen molar-refractivity contribution in [2.24, 2.45) is 11.5 Å². The molecule has 6 heteroatoms. The zero-order valence-electron chi connectivity index (χ0n) is 9.25. The number of rotatable bonds is 6. The second-order valence-corrected chi connectivity index (χ2v) is 3.37. The first kappa shape index (κ1) is 13.9. The van der Waals surface area contributed by atoms with E-state index in [2.05, 4.69) is 10.6 Å². The molecular weight excluding hydrogens is 196 g/mol. The predicted octanol–water partition coefficient (Wildman–Crippen LogP) is -1.70. The fourth-order valence-corrected chi connectivity index (χ4v) is 1.19. The molecule has 2 unspecified atom stereocenters. The standard InChI is InChI=1S/C9H20N4O2/c1-12-8(14)6(10)4-3-5-7(11)9(15)13-2/h6-7H,3-5,10-11H2,1-2H3,(H,12,14)(H,13,15). The van der Waals surface area contributed by atoms with E-state index < -0.39 is 12.1 Å². The number of hydrogen-bond donors (Lipinski definition) is 4. The van der Waals surface area contributed by atoms with Gasteiger partial charge in [0.2, 0.25) is 11.8 Å². The summed E-state index contributed by atoms with van der Waals surface area (Å²) >= 11 is 0. The zero-order chi connectivity index (χ0) is 11.8. The van der Waals surface area contributed by atoms with E-state index in [0.29, 0.717) is 19.3 Å². The minimum atomic E-state index is -0.521. The van der Waals surface area contributed by atoms with Crippen molar-refractivity contribution in [1.29, 1.82) is 0 Å². The molecule has 6 nitrogen and oxygen atoms in total. The molecule has 0 saturated carbocycles. The lowest BCUT2D eigenvalue weighted by Crippen LogP contribution is -2.40. The molecular formula is C9H20N4O2. The van der Waals surface area contributed by atoms with Gasteiger partial charge < -0.3 is 22.1 Å². The first-order valence-electron chi connectivity index (χ1n) is 4.97. The van der Waals surface area contributed by atoms with Crippen LogP contribution in [0.4, 0.5) is 0 Å². The highest BCUT2D eigenvalue weighted by Crippen LogP contribution is 2.02. The average molecular weight is 216 g/mol. The Bertz CT molecular complexity index is 198. The number of carbonyl (C=O) groups excluding carboxylic acids is 2. The van der Waals surface area contributed by atoms with Crippen LogP contribution in [0.1, 0.15) is 19.3 Å². The summed E-state index contributed by atoms with van der Waals surface area (Å²) in [4.78, 5) is 22.1. The van der Waals surface area contributed by atoms with Gasteiger partial charge in [-0.3, -0.25) is 9.59 Å². The van der Waals surface area contributed by atoms with Gasteiger partial charge in [-0.25, -0.2) is 0 Å². The van der Waals surface area contributed by atoms with Crippen LogP contribution in [0.5, 0.6) is 0 Å². The lowest BCUT2D eigenvalue weighted by molar-refractivity contribution is -0.122. The van der Waals surface area contributed by atoms with Gasteiger partial charge in [0.05, 0.1) is 12.1 Å². The Morgan fingerprint density at radius 2 is 1.33 bits per heavy atom. The molecule has 0 aliphatic heterocycles. The van der Waals surface area contributed by atoms with Gasteiger partial charge in [-0.15, -0.1) is 0 Å². The minimum absolute atomic E-state index is 0.191. The first-order valence-corrected chi connectivity index (χ1v) is 4.97. The van der Waals surface area contributed by atoms with E-state index in [1.54, 1.807) is 14.1 Å². The van der Waals surface area contributed by atoms with E-state index in [0.717, 1.165) is 0 Å². The second kappa shape index (κ2) is 7.19. The highest BCUT2D eigenvalue weighted by atomic mass is 16.2. The van der Waals surface area contributed by atoms with Gasteiger partial charge >= 0.3 is 0 Å². The molecule has 0 spiro atoms. The first-order chi connectivity index (χ1) is 7.02. The molecule has 0 aromatic carbocycles. The molecule has 2 amide bonds. The summed E-state index contributed by atoms with van der Waals surface area (Å²) in [5.74, 6) is -0.382. The van der Waals surface area contributed by atoms with E-state index in [9.17, 15) is 9.59 Å². The normalized spacial score (nSPS) is 14.1. The Morgan fingerprint density at radius 3 is 1.60 bits per heavy atom.